The molecule has 0 amide bonds. The number of unbranched alkanes of at least 4 members (excludes halogenated alkanes) is 9. The van der Waals surface area contributed by atoms with Crippen molar-refractivity contribution in [1.82, 2.24) is 9.55 Å². The summed E-state index contributed by atoms with van der Waals surface area (Å²) in [5, 5.41) is 10.2. The maximum absolute atomic E-state index is 12.1. The Morgan fingerprint density at radius 1 is 1.06 bits per heavy atom. The lowest BCUT2D eigenvalue weighted by Crippen LogP contribution is -2.28. The topological polar surface area (TPSA) is 193 Å². The van der Waals surface area contributed by atoms with Crippen molar-refractivity contribution >= 4 is 21.5 Å². The van der Waals surface area contributed by atoms with Crippen LogP contribution in [0.25, 0.3) is 0 Å². The molecule has 0 bridgehead atoms. The highest BCUT2D eigenvalue weighted by Crippen LogP contribution is 2.60. The molecule has 0 aliphatic carbocycles. The first-order valence-corrected chi connectivity index (χ1v) is 15.4. The van der Waals surface area contributed by atoms with E-state index in [2.05, 4.69) is 16.2 Å². The zero-order chi connectivity index (χ0) is 26.6. The van der Waals surface area contributed by atoms with Crippen LogP contribution < -0.4 is 11.4 Å². The molecule has 2 unspecified atom stereocenters. The number of nitrogen functional groups attached to an aromatic ring is 1. The van der Waals surface area contributed by atoms with Crippen molar-refractivity contribution < 1.29 is 42.1 Å². The normalized spacial score (nSPS) is 23.4. The maximum Gasteiger partial charge on any atom is 0.481 e. The van der Waals surface area contributed by atoms with E-state index in [1.807, 2.05) is 0 Å². The number of rotatable bonds is 18. The molecule has 208 valence electrons. The first kappa shape index (κ1) is 31.1. The largest absolute Gasteiger partial charge is 0.481 e. The summed E-state index contributed by atoms with van der Waals surface area (Å²) in [7, 11) is -9.86. The zero-order valence-corrected chi connectivity index (χ0v) is 22.4. The number of hydrogen-bond acceptors (Lipinski definition) is 10. The molecule has 2 rings (SSSR count). The SMILES string of the molecule is CCCCCCCCCCCCOP(=O)(O)OP(=O)(O)OC[C@@H]1O[C@H](n2ccc(N)nc2=O)C[C@H]1O. The van der Waals surface area contributed by atoms with Gasteiger partial charge in [0.05, 0.1) is 19.3 Å². The Morgan fingerprint density at radius 2 is 1.64 bits per heavy atom. The van der Waals surface area contributed by atoms with Gasteiger partial charge in [0.1, 0.15) is 18.1 Å². The Labute approximate surface area is 211 Å². The Morgan fingerprint density at radius 3 is 2.25 bits per heavy atom. The summed E-state index contributed by atoms with van der Waals surface area (Å²) in [6.07, 6.45) is 8.92. The third-order valence-electron chi connectivity index (χ3n) is 5.73. The van der Waals surface area contributed by atoms with Gasteiger partial charge in [0.15, 0.2) is 0 Å². The van der Waals surface area contributed by atoms with Gasteiger partial charge in [0.25, 0.3) is 0 Å². The standard InChI is InChI=1S/C21H39N3O10P2/c1-2-3-4-5-6-7-8-9-10-11-14-31-35(27,28)34-36(29,30)32-16-18-17(25)15-20(33-18)24-13-12-19(22)23-21(24)26/h12-13,17-18,20,25H,2-11,14-16H2,1H3,(H,27,28)(H,29,30)(H2,22,23,26)/t17-,18+,20+/m1/s1. The molecule has 36 heavy (non-hydrogen) atoms. The van der Waals surface area contributed by atoms with Crippen LogP contribution >= 0.6 is 15.6 Å². The molecule has 5 N–H and O–H groups in total. The molecule has 0 radical (unpaired) electrons. The fourth-order valence-corrected chi connectivity index (χ4v) is 5.91. The predicted octanol–water partition coefficient (Wildman–Crippen LogP) is 3.65. The number of phosphoric ester groups is 2. The number of nitrogens with two attached hydrogens (primary N) is 1. The van der Waals surface area contributed by atoms with Gasteiger partial charge >= 0.3 is 21.3 Å². The lowest BCUT2D eigenvalue weighted by Gasteiger charge is -2.19. The number of ether oxygens (including phenoxy) is 1. The van der Waals surface area contributed by atoms with Crippen molar-refractivity contribution in [3.63, 3.8) is 0 Å². The van der Waals surface area contributed by atoms with Crippen molar-refractivity contribution in [2.75, 3.05) is 18.9 Å². The van der Waals surface area contributed by atoms with Crippen molar-refractivity contribution in [2.24, 2.45) is 0 Å². The second-order valence-electron chi connectivity index (χ2n) is 8.80. The molecule has 1 aromatic rings. The molecule has 1 saturated heterocycles. The van der Waals surface area contributed by atoms with Gasteiger partial charge < -0.3 is 25.4 Å². The first-order valence-electron chi connectivity index (χ1n) is 12.4. The smallest absolute Gasteiger partial charge is 0.390 e. The van der Waals surface area contributed by atoms with Crippen molar-refractivity contribution in [3.8, 4) is 0 Å². The number of aliphatic hydroxyl groups is 1. The van der Waals surface area contributed by atoms with Gasteiger partial charge in [-0.1, -0.05) is 64.7 Å². The minimum absolute atomic E-state index is 0.0173. The van der Waals surface area contributed by atoms with Crippen molar-refractivity contribution in [2.45, 2.75) is 96.0 Å². The third kappa shape index (κ3) is 11.5. The van der Waals surface area contributed by atoms with Crippen LogP contribution in [0.15, 0.2) is 17.1 Å². The summed E-state index contributed by atoms with van der Waals surface area (Å²) in [6, 6.07) is 1.38. The van der Waals surface area contributed by atoms with Crippen LogP contribution in [0.3, 0.4) is 0 Å². The second kappa shape index (κ2) is 15.3. The minimum atomic E-state index is -5.01. The summed E-state index contributed by atoms with van der Waals surface area (Å²) in [4.78, 5) is 35.1. The quantitative estimate of drug-likeness (QED) is 0.152. The van der Waals surface area contributed by atoms with E-state index < -0.39 is 46.4 Å². The van der Waals surface area contributed by atoms with Gasteiger partial charge in [-0.05, 0) is 12.5 Å². The Balaban J connectivity index is 1.66. The summed E-state index contributed by atoms with van der Waals surface area (Å²) in [6.45, 7) is 1.44. The summed E-state index contributed by atoms with van der Waals surface area (Å²) < 4.78 is 44.6. The number of anilines is 1. The van der Waals surface area contributed by atoms with Gasteiger partial charge in [-0.25, -0.2) is 13.9 Å². The monoisotopic (exact) mass is 555 g/mol. The number of hydrogen-bond donors (Lipinski definition) is 4. The van der Waals surface area contributed by atoms with Crippen LogP contribution in [0, 0.1) is 0 Å². The van der Waals surface area contributed by atoms with Gasteiger partial charge in [-0.3, -0.25) is 13.6 Å². The number of aliphatic hydroxyl groups excluding tert-OH is 1. The molecular formula is C21H39N3O10P2. The van der Waals surface area contributed by atoms with E-state index in [0.29, 0.717) is 6.42 Å². The second-order valence-corrected chi connectivity index (χ2v) is 11.8. The molecule has 15 heteroatoms. The predicted molar refractivity (Wildman–Crippen MR) is 132 cm³/mol. The van der Waals surface area contributed by atoms with Crippen LogP contribution in [-0.4, -0.2) is 49.9 Å². The highest BCUT2D eigenvalue weighted by atomic mass is 31.3. The van der Waals surface area contributed by atoms with Crippen molar-refractivity contribution in [1.29, 1.82) is 0 Å². The fourth-order valence-electron chi connectivity index (χ4n) is 3.80. The lowest BCUT2D eigenvalue weighted by atomic mass is 10.1. The minimum Gasteiger partial charge on any atom is -0.390 e. The zero-order valence-electron chi connectivity index (χ0n) is 20.6. The average Bonchev–Trinajstić information content (AvgIpc) is 3.15. The van der Waals surface area contributed by atoms with E-state index in [1.165, 1.54) is 44.4 Å². The van der Waals surface area contributed by atoms with E-state index in [-0.39, 0.29) is 18.8 Å². The highest BCUT2D eigenvalue weighted by molar-refractivity contribution is 7.61. The van der Waals surface area contributed by atoms with Gasteiger partial charge in [0, 0.05) is 12.6 Å². The van der Waals surface area contributed by atoms with E-state index in [0.717, 1.165) is 30.3 Å². The maximum atomic E-state index is 12.1. The molecule has 0 aromatic carbocycles. The molecule has 13 nitrogen and oxygen atoms in total. The highest BCUT2D eigenvalue weighted by Gasteiger charge is 2.40. The molecule has 0 saturated carbocycles. The number of phosphoric acid groups is 2. The first-order chi connectivity index (χ1) is 17.0. The molecule has 0 spiro atoms. The van der Waals surface area contributed by atoms with Crippen molar-refractivity contribution in [3.05, 3.63) is 22.7 Å². The van der Waals surface area contributed by atoms with Gasteiger partial charge in [0.2, 0.25) is 0 Å². The van der Waals surface area contributed by atoms with Gasteiger partial charge in [-0.15, -0.1) is 0 Å². The van der Waals surface area contributed by atoms with Gasteiger partial charge in [-0.2, -0.15) is 9.29 Å². The molecular weight excluding hydrogens is 516 g/mol. The molecule has 2 heterocycles. The lowest BCUT2D eigenvalue weighted by molar-refractivity contribution is -0.0450. The van der Waals surface area contributed by atoms with E-state index >= 15 is 0 Å². The van der Waals surface area contributed by atoms with Crippen LogP contribution in [0.5, 0.6) is 0 Å². The van der Waals surface area contributed by atoms with Crippen LogP contribution in [0.1, 0.15) is 83.8 Å². The molecule has 1 aliphatic heterocycles. The van der Waals surface area contributed by atoms with E-state index in [1.54, 1.807) is 0 Å². The number of aromatic nitrogens is 2. The Bertz CT molecular complexity index is 947. The Hall–Kier alpha value is -1.14. The fraction of sp³-hybridized carbons (Fsp3) is 0.810. The van der Waals surface area contributed by atoms with E-state index in [4.69, 9.17) is 19.5 Å². The summed E-state index contributed by atoms with van der Waals surface area (Å²) in [5.74, 6) is 0.0249. The number of nitrogens with zero attached hydrogens (tertiary/aromatic N) is 2. The molecule has 1 fully saturated rings. The van der Waals surface area contributed by atoms with Crippen LogP contribution in [0.4, 0.5) is 5.82 Å². The van der Waals surface area contributed by atoms with Crippen LogP contribution in [0.2, 0.25) is 0 Å². The molecule has 1 aromatic heterocycles. The summed E-state index contributed by atoms with van der Waals surface area (Å²) in [5.41, 5.74) is 4.76. The molecule has 5 atom stereocenters. The van der Waals surface area contributed by atoms with Crippen LogP contribution in [-0.2, 0) is 27.2 Å². The Kier molecular flexibility index (Phi) is 13.2. The third-order valence-corrected chi connectivity index (χ3v) is 8.36. The molecule has 1 aliphatic rings. The average molecular weight is 556 g/mol. The van der Waals surface area contributed by atoms with E-state index in [9.17, 15) is 28.8 Å². The summed E-state index contributed by atoms with van der Waals surface area (Å²) >= 11 is 0.